The van der Waals surface area contributed by atoms with Crippen LogP contribution >= 0.6 is 24.0 Å². The molecule has 2 heterocycles. The maximum atomic E-state index is 5.60. The monoisotopic (exact) mass is 422 g/mol. The molecule has 0 bridgehead atoms. The van der Waals surface area contributed by atoms with Gasteiger partial charge in [-0.3, -0.25) is 4.99 Å². The summed E-state index contributed by atoms with van der Waals surface area (Å²) in [7, 11) is 1.78. The minimum atomic E-state index is 0. The fourth-order valence-electron chi connectivity index (χ4n) is 2.78. The molecule has 22 heavy (non-hydrogen) atoms. The summed E-state index contributed by atoms with van der Waals surface area (Å²) in [6.45, 7) is 8.56. The zero-order chi connectivity index (χ0) is 15.2. The van der Waals surface area contributed by atoms with E-state index in [2.05, 4.69) is 27.7 Å². The van der Waals surface area contributed by atoms with Gasteiger partial charge in [0.2, 0.25) is 0 Å². The molecule has 1 saturated heterocycles. The Morgan fingerprint density at radius 3 is 2.73 bits per heavy atom. The van der Waals surface area contributed by atoms with Crippen molar-refractivity contribution in [1.29, 1.82) is 0 Å². The Morgan fingerprint density at radius 2 is 2.18 bits per heavy atom. The van der Waals surface area contributed by atoms with Gasteiger partial charge in [-0.1, -0.05) is 12.1 Å². The molecule has 1 aromatic heterocycles. The van der Waals surface area contributed by atoms with E-state index in [1.807, 2.05) is 13.8 Å². The first kappa shape index (κ1) is 19.2. The summed E-state index contributed by atoms with van der Waals surface area (Å²) in [5.41, 5.74) is 2.14. The Kier molecular flexibility index (Phi) is 8.16. The molecular weight excluding hydrogens is 395 g/mol. The fourth-order valence-corrected chi connectivity index (χ4v) is 2.78. The zero-order valence-electron chi connectivity index (χ0n) is 13.8. The molecule has 2 N–H and O–H groups in total. The van der Waals surface area contributed by atoms with Gasteiger partial charge in [0.1, 0.15) is 5.76 Å². The van der Waals surface area contributed by atoms with Crippen LogP contribution in [-0.2, 0) is 4.74 Å². The van der Waals surface area contributed by atoms with E-state index in [1.54, 1.807) is 7.05 Å². The normalized spacial score (nSPS) is 19.6. The molecule has 0 aliphatic carbocycles. The van der Waals surface area contributed by atoms with Gasteiger partial charge in [-0.05, 0) is 26.7 Å². The molecule has 7 heteroatoms. The summed E-state index contributed by atoms with van der Waals surface area (Å²) in [6.07, 6.45) is 2.59. The number of halogens is 1. The van der Waals surface area contributed by atoms with E-state index in [0.717, 1.165) is 50.0 Å². The van der Waals surface area contributed by atoms with Crippen molar-refractivity contribution in [2.24, 2.45) is 4.99 Å². The highest BCUT2D eigenvalue weighted by Gasteiger charge is 2.18. The highest BCUT2D eigenvalue weighted by molar-refractivity contribution is 14.0. The Bertz CT molecular complexity index is 464. The highest BCUT2D eigenvalue weighted by Crippen LogP contribution is 2.22. The van der Waals surface area contributed by atoms with Crippen molar-refractivity contribution >= 4 is 29.9 Å². The van der Waals surface area contributed by atoms with Crippen LogP contribution in [0.4, 0.5) is 0 Å². The average molecular weight is 422 g/mol. The lowest BCUT2D eigenvalue weighted by Gasteiger charge is -2.17. The van der Waals surface area contributed by atoms with E-state index >= 15 is 0 Å². The summed E-state index contributed by atoms with van der Waals surface area (Å²) >= 11 is 0. The number of ether oxygens (including phenoxy) is 1. The average Bonchev–Trinajstić information content (AvgIpc) is 3.09. The fraction of sp³-hybridized carbons (Fsp3) is 0.733. The predicted octanol–water partition coefficient (Wildman–Crippen LogP) is 2.36. The molecule has 0 aromatic carbocycles. The van der Waals surface area contributed by atoms with E-state index in [1.165, 1.54) is 5.56 Å². The summed E-state index contributed by atoms with van der Waals surface area (Å²) in [5, 5.41) is 10.7. The van der Waals surface area contributed by atoms with E-state index in [9.17, 15) is 0 Å². The third-order valence-electron chi connectivity index (χ3n) is 3.90. The number of aromatic nitrogens is 1. The molecule has 0 radical (unpaired) electrons. The van der Waals surface area contributed by atoms with Gasteiger partial charge >= 0.3 is 0 Å². The molecule has 0 amide bonds. The Morgan fingerprint density at radius 1 is 1.41 bits per heavy atom. The molecule has 6 nitrogen and oxygen atoms in total. The summed E-state index contributed by atoms with van der Waals surface area (Å²) in [6, 6.07) is 0. The van der Waals surface area contributed by atoms with Gasteiger partial charge in [-0.25, -0.2) is 0 Å². The third kappa shape index (κ3) is 5.12. The SMILES string of the molecule is CN=C(NCC1CCCO1)NCC(C)c1c(C)noc1C.I. The van der Waals surface area contributed by atoms with Crippen LogP contribution in [0, 0.1) is 13.8 Å². The molecule has 1 aliphatic rings. The number of aryl methyl sites for hydroxylation is 2. The number of aliphatic imine (C=N–C) groups is 1. The number of nitrogens with zero attached hydrogens (tertiary/aromatic N) is 2. The number of hydrogen-bond donors (Lipinski definition) is 2. The van der Waals surface area contributed by atoms with Gasteiger partial charge < -0.3 is 19.9 Å². The van der Waals surface area contributed by atoms with Crippen LogP contribution in [0.2, 0.25) is 0 Å². The molecule has 0 spiro atoms. The van der Waals surface area contributed by atoms with Gasteiger partial charge in [-0.2, -0.15) is 0 Å². The van der Waals surface area contributed by atoms with Crippen molar-refractivity contribution in [2.45, 2.75) is 45.6 Å². The zero-order valence-corrected chi connectivity index (χ0v) is 16.1. The van der Waals surface area contributed by atoms with Crippen LogP contribution in [0.25, 0.3) is 0 Å². The van der Waals surface area contributed by atoms with Crippen molar-refractivity contribution in [3.8, 4) is 0 Å². The second-order valence-electron chi connectivity index (χ2n) is 5.61. The van der Waals surface area contributed by atoms with Crippen molar-refractivity contribution in [3.63, 3.8) is 0 Å². The number of hydrogen-bond acceptors (Lipinski definition) is 4. The molecule has 2 atom stereocenters. The van der Waals surface area contributed by atoms with Crippen LogP contribution in [0.3, 0.4) is 0 Å². The predicted molar refractivity (Wildman–Crippen MR) is 98.1 cm³/mol. The Balaban J connectivity index is 0.00000242. The van der Waals surface area contributed by atoms with Gasteiger partial charge in [0.05, 0.1) is 11.8 Å². The minimum Gasteiger partial charge on any atom is -0.376 e. The largest absolute Gasteiger partial charge is 0.376 e. The molecule has 1 aliphatic heterocycles. The van der Waals surface area contributed by atoms with Crippen molar-refractivity contribution in [2.75, 3.05) is 26.7 Å². The Hall–Kier alpha value is -0.830. The van der Waals surface area contributed by atoms with Gasteiger partial charge in [-0.15, -0.1) is 24.0 Å². The lowest BCUT2D eigenvalue weighted by Crippen LogP contribution is -2.42. The van der Waals surface area contributed by atoms with Crippen LogP contribution in [0.1, 0.15) is 42.7 Å². The van der Waals surface area contributed by atoms with Gasteiger partial charge in [0, 0.05) is 38.2 Å². The quantitative estimate of drug-likeness (QED) is 0.433. The number of guanidine groups is 1. The molecule has 0 saturated carbocycles. The summed E-state index contributed by atoms with van der Waals surface area (Å²) in [5.74, 6) is 2.02. The van der Waals surface area contributed by atoms with Gasteiger partial charge in [0.15, 0.2) is 5.96 Å². The van der Waals surface area contributed by atoms with Crippen LogP contribution in [-0.4, -0.2) is 44.0 Å². The first-order valence-electron chi connectivity index (χ1n) is 7.60. The maximum absolute atomic E-state index is 5.60. The Labute approximate surface area is 149 Å². The van der Waals surface area contributed by atoms with Crippen molar-refractivity contribution < 1.29 is 9.26 Å². The molecule has 2 rings (SSSR count). The standard InChI is InChI=1S/C15H26N4O2.HI/c1-10(14-11(2)19-21-12(14)3)8-17-15(16-4)18-9-13-6-5-7-20-13;/h10,13H,5-9H2,1-4H3,(H2,16,17,18);1H. The highest BCUT2D eigenvalue weighted by atomic mass is 127. The summed E-state index contributed by atoms with van der Waals surface area (Å²) in [4.78, 5) is 4.25. The van der Waals surface area contributed by atoms with E-state index in [4.69, 9.17) is 9.26 Å². The molecular formula is C15H27IN4O2. The van der Waals surface area contributed by atoms with E-state index < -0.39 is 0 Å². The van der Waals surface area contributed by atoms with Crippen molar-refractivity contribution in [1.82, 2.24) is 15.8 Å². The smallest absolute Gasteiger partial charge is 0.191 e. The lowest BCUT2D eigenvalue weighted by molar-refractivity contribution is 0.114. The topological polar surface area (TPSA) is 71.7 Å². The number of rotatable bonds is 5. The van der Waals surface area contributed by atoms with E-state index in [0.29, 0.717) is 12.0 Å². The molecule has 126 valence electrons. The second kappa shape index (κ2) is 9.34. The molecule has 1 aromatic rings. The molecule has 1 fully saturated rings. The first-order valence-corrected chi connectivity index (χ1v) is 7.60. The van der Waals surface area contributed by atoms with Crippen LogP contribution < -0.4 is 10.6 Å². The van der Waals surface area contributed by atoms with E-state index in [-0.39, 0.29) is 24.0 Å². The minimum absolute atomic E-state index is 0. The first-order chi connectivity index (χ1) is 10.1. The summed E-state index contributed by atoms with van der Waals surface area (Å²) < 4.78 is 10.8. The third-order valence-corrected chi connectivity index (χ3v) is 3.90. The number of nitrogens with one attached hydrogen (secondary N) is 2. The maximum Gasteiger partial charge on any atom is 0.191 e. The lowest BCUT2D eigenvalue weighted by atomic mass is 10.00. The second-order valence-corrected chi connectivity index (χ2v) is 5.61. The van der Waals surface area contributed by atoms with Crippen molar-refractivity contribution in [3.05, 3.63) is 17.0 Å². The van der Waals surface area contributed by atoms with Crippen LogP contribution in [0.5, 0.6) is 0 Å². The van der Waals surface area contributed by atoms with Gasteiger partial charge in [0.25, 0.3) is 0 Å². The van der Waals surface area contributed by atoms with Crippen LogP contribution in [0.15, 0.2) is 9.52 Å². The molecule has 2 unspecified atom stereocenters.